The lowest BCUT2D eigenvalue weighted by Crippen LogP contribution is -2.34. The van der Waals surface area contributed by atoms with Gasteiger partial charge < -0.3 is 10.2 Å². The summed E-state index contributed by atoms with van der Waals surface area (Å²) in [7, 11) is 0. The minimum absolute atomic E-state index is 0.0560. The number of carbonyl (C=O) groups excluding carboxylic acids is 1. The van der Waals surface area contributed by atoms with Crippen LogP contribution < -0.4 is 5.32 Å². The molecule has 130 valence electrons. The third kappa shape index (κ3) is 3.12. The number of nitrogens with one attached hydrogen (secondary N) is 2. The summed E-state index contributed by atoms with van der Waals surface area (Å²) >= 11 is 0. The smallest absolute Gasteiger partial charge is 0.275 e. The Morgan fingerprint density at radius 3 is 2.76 bits per heavy atom. The summed E-state index contributed by atoms with van der Waals surface area (Å²) in [5.74, 6) is -0.0675. The van der Waals surface area contributed by atoms with E-state index in [2.05, 4.69) is 15.5 Å². The van der Waals surface area contributed by atoms with Crippen LogP contribution in [0.25, 0.3) is 0 Å². The van der Waals surface area contributed by atoms with Gasteiger partial charge in [0.15, 0.2) is 5.69 Å². The van der Waals surface area contributed by atoms with Crippen LogP contribution in [0.1, 0.15) is 40.2 Å². The molecule has 8 heteroatoms. The van der Waals surface area contributed by atoms with E-state index in [9.17, 15) is 14.9 Å². The lowest BCUT2D eigenvalue weighted by atomic mass is 10.1. The quantitative estimate of drug-likeness (QED) is 0.637. The molecule has 1 aromatic carbocycles. The molecule has 0 radical (unpaired) electrons. The maximum Gasteiger partial charge on any atom is 0.275 e. The van der Waals surface area contributed by atoms with E-state index in [1.54, 1.807) is 12.1 Å². The van der Waals surface area contributed by atoms with Crippen LogP contribution in [0.5, 0.6) is 0 Å². The van der Waals surface area contributed by atoms with E-state index in [0.717, 1.165) is 42.6 Å². The number of fused-ring (bicyclic) bond motifs is 1. The number of H-pyrrole nitrogens is 1. The lowest BCUT2D eigenvalue weighted by Gasteiger charge is -2.23. The zero-order valence-electron chi connectivity index (χ0n) is 13.7. The monoisotopic (exact) mass is 341 g/mol. The number of hydrogen-bond acceptors (Lipinski definition) is 5. The first-order chi connectivity index (χ1) is 12.1. The molecule has 1 aromatic heterocycles. The van der Waals surface area contributed by atoms with Gasteiger partial charge in [-0.05, 0) is 18.4 Å². The highest BCUT2D eigenvalue weighted by molar-refractivity contribution is 5.94. The van der Waals surface area contributed by atoms with Crippen molar-refractivity contribution >= 4 is 11.6 Å². The molecule has 0 bridgehead atoms. The molecule has 2 heterocycles. The van der Waals surface area contributed by atoms with E-state index in [4.69, 9.17) is 0 Å². The molecule has 1 aliphatic carbocycles. The molecule has 1 saturated carbocycles. The van der Waals surface area contributed by atoms with Crippen molar-refractivity contribution in [3.8, 4) is 0 Å². The van der Waals surface area contributed by atoms with Crippen molar-refractivity contribution in [2.45, 2.75) is 38.4 Å². The first-order valence-electron chi connectivity index (χ1n) is 8.44. The van der Waals surface area contributed by atoms with Gasteiger partial charge in [-0.25, -0.2) is 0 Å². The molecule has 25 heavy (non-hydrogen) atoms. The maximum absolute atomic E-state index is 13.0. The summed E-state index contributed by atoms with van der Waals surface area (Å²) in [4.78, 5) is 25.2. The van der Waals surface area contributed by atoms with Crippen LogP contribution in [-0.4, -0.2) is 38.5 Å². The van der Waals surface area contributed by atoms with E-state index in [1.807, 2.05) is 4.90 Å². The zero-order chi connectivity index (χ0) is 17.4. The van der Waals surface area contributed by atoms with Gasteiger partial charge in [-0.1, -0.05) is 12.1 Å². The standard InChI is InChI=1S/C17H19N5O3/c23-17(16-14-9-18-8-7-15(14)19-20-16)21(12-5-6-12)10-11-1-3-13(4-2-11)22(24)25/h1-4,12,18H,5-10H2,(H,19,20). The Hall–Kier alpha value is -2.74. The van der Waals surface area contributed by atoms with Crippen LogP contribution in [0.4, 0.5) is 5.69 Å². The second-order valence-electron chi connectivity index (χ2n) is 6.54. The molecule has 4 rings (SSSR count). The molecular weight excluding hydrogens is 322 g/mol. The largest absolute Gasteiger partial charge is 0.330 e. The number of amides is 1. The van der Waals surface area contributed by atoms with E-state index >= 15 is 0 Å². The van der Waals surface area contributed by atoms with Gasteiger partial charge in [-0.2, -0.15) is 5.10 Å². The van der Waals surface area contributed by atoms with Gasteiger partial charge in [0.25, 0.3) is 11.6 Å². The minimum Gasteiger partial charge on any atom is -0.330 e. The van der Waals surface area contributed by atoms with Gasteiger partial charge in [0.2, 0.25) is 0 Å². The van der Waals surface area contributed by atoms with Crippen molar-refractivity contribution in [2.75, 3.05) is 6.54 Å². The summed E-state index contributed by atoms with van der Waals surface area (Å²) in [5, 5.41) is 21.3. The highest BCUT2D eigenvalue weighted by atomic mass is 16.6. The highest BCUT2D eigenvalue weighted by Crippen LogP contribution is 2.31. The number of aromatic amines is 1. The summed E-state index contributed by atoms with van der Waals surface area (Å²) in [6, 6.07) is 6.60. The Kier molecular flexibility index (Phi) is 3.96. The van der Waals surface area contributed by atoms with Gasteiger partial charge in [0.1, 0.15) is 0 Å². The average Bonchev–Trinajstić information content (AvgIpc) is 3.38. The van der Waals surface area contributed by atoms with Crippen LogP contribution in [0.2, 0.25) is 0 Å². The van der Waals surface area contributed by atoms with Crippen LogP contribution in [0.15, 0.2) is 24.3 Å². The van der Waals surface area contributed by atoms with Gasteiger partial charge in [0.05, 0.1) is 4.92 Å². The second kappa shape index (κ2) is 6.29. The lowest BCUT2D eigenvalue weighted by molar-refractivity contribution is -0.384. The molecule has 0 spiro atoms. The number of nitrogens with zero attached hydrogens (tertiary/aromatic N) is 3. The summed E-state index contributed by atoms with van der Waals surface area (Å²) < 4.78 is 0. The van der Waals surface area contributed by atoms with E-state index in [0.29, 0.717) is 18.8 Å². The van der Waals surface area contributed by atoms with Crippen molar-refractivity contribution in [2.24, 2.45) is 0 Å². The van der Waals surface area contributed by atoms with Gasteiger partial charge in [-0.15, -0.1) is 0 Å². The van der Waals surface area contributed by atoms with Gasteiger partial charge in [0, 0.05) is 55.5 Å². The Morgan fingerprint density at radius 2 is 2.08 bits per heavy atom. The molecule has 1 aliphatic heterocycles. The molecule has 8 nitrogen and oxygen atoms in total. The summed E-state index contributed by atoms with van der Waals surface area (Å²) in [6.07, 6.45) is 2.83. The number of nitro groups is 1. The van der Waals surface area contributed by atoms with Crippen molar-refractivity contribution in [3.05, 3.63) is 56.9 Å². The predicted molar refractivity (Wildman–Crippen MR) is 90.0 cm³/mol. The van der Waals surface area contributed by atoms with E-state index in [1.165, 1.54) is 12.1 Å². The van der Waals surface area contributed by atoms with Crippen LogP contribution in [0, 0.1) is 10.1 Å². The number of hydrogen-bond donors (Lipinski definition) is 2. The number of non-ortho nitro benzene ring substituents is 1. The van der Waals surface area contributed by atoms with E-state index in [-0.39, 0.29) is 17.6 Å². The predicted octanol–water partition coefficient (Wildman–Crippen LogP) is 1.77. The molecule has 0 atom stereocenters. The fourth-order valence-corrected chi connectivity index (χ4v) is 3.21. The maximum atomic E-state index is 13.0. The third-order valence-corrected chi connectivity index (χ3v) is 4.76. The summed E-state index contributed by atoms with van der Waals surface area (Å²) in [6.45, 7) is 1.98. The normalized spacial score (nSPS) is 16.3. The van der Waals surface area contributed by atoms with Crippen LogP contribution in [0.3, 0.4) is 0 Å². The minimum atomic E-state index is -0.420. The van der Waals surface area contributed by atoms with E-state index < -0.39 is 4.92 Å². The molecule has 2 N–H and O–H groups in total. The van der Waals surface area contributed by atoms with Gasteiger partial charge >= 0.3 is 0 Å². The van der Waals surface area contributed by atoms with Gasteiger partial charge in [-0.3, -0.25) is 20.0 Å². The average molecular weight is 341 g/mol. The fourth-order valence-electron chi connectivity index (χ4n) is 3.21. The molecule has 0 unspecified atom stereocenters. The summed E-state index contributed by atoms with van der Waals surface area (Å²) in [5.41, 5.74) is 3.43. The third-order valence-electron chi connectivity index (χ3n) is 4.76. The molecule has 1 amide bonds. The topological polar surface area (TPSA) is 104 Å². The van der Waals surface area contributed by atoms with Crippen molar-refractivity contribution in [3.63, 3.8) is 0 Å². The molecular formula is C17H19N5O3. The van der Waals surface area contributed by atoms with Crippen molar-refractivity contribution in [1.82, 2.24) is 20.4 Å². The molecule has 1 fully saturated rings. The fraction of sp³-hybridized carbons (Fsp3) is 0.412. The first kappa shape index (κ1) is 15.8. The molecule has 2 aliphatic rings. The number of nitro benzene ring substituents is 1. The van der Waals surface area contributed by atoms with Crippen LogP contribution in [-0.2, 0) is 19.5 Å². The van der Waals surface area contributed by atoms with Crippen molar-refractivity contribution in [1.29, 1.82) is 0 Å². The van der Waals surface area contributed by atoms with Crippen molar-refractivity contribution < 1.29 is 9.72 Å². The number of aromatic nitrogens is 2. The Labute approximate surface area is 144 Å². The second-order valence-corrected chi connectivity index (χ2v) is 6.54. The Morgan fingerprint density at radius 1 is 1.32 bits per heavy atom. The van der Waals surface area contributed by atoms with Crippen LogP contribution >= 0.6 is 0 Å². The number of rotatable bonds is 5. The highest BCUT2D eigenvalue weighted by Gasteiger charge is 2.35. The molecule has 0 saturated heterocycles. The first-order valence-corrected chi connectivity index (χ1v) is 8.44. The number of carbonyl (C=O) groups is 1. The SMILES string of the molecule is O=C(c1n[nH]c2c1CNCC2)N(Cc1ccc([N+](=O)[O-])cc1)C1CC1. The zero-order valence-corrected chi connectivity index (χ0v) is 13.7. The molecule has 2 aromatic rings. The number of benzene rings is 1. The Balaban J connectivity index is 1.56. The Bertz CT molecular complexity index is 810.